The van der Waals surface area contributed by atoms with E-state index in [0.29, 0.717) is 17.6 Å². The van der Waals surface area contributed by atoms with Gasteiger partial charge in [0.1, 0.15) is 11.5 Å². The standard InChI is InChI=1S/2C6H6O.C3H6O/c2*7-6-4-2-1-3-5-6;1-3-2-4-3/h2*1-5,7H;3H,2H2,1H3. The molecule has 1 heterocycles. The quantitative estimate of drug-likeness (QED) is 0.702. The highest BCUT2D eigenvalue weighted by atomic mass is 16.6. The van der Waals surface area contributed by atoms with Crippen LogP contribution < -0.4 is 0 Å². The number of phenolic OH excluding ortho intramolecular Hbond substituents is 2. The molecular formula is C15H18O3. The maximum atomic E-state index is 8.63. The minimum Gasteiger partial charge on any atom is -0.508 e. The molecule has 1 unspecified atom stereocenters. The molecule has 1 saturated heterocycles. The number of hydrogen-bond donors (Lipinski definition) is 2. The molecule has 0 aromatic heterocycles. The largest absolute Gasteiger partial charge is 0.508 e. The lowest BCUT2D eigenvalue weighted by Crippen LogP contribution is -1.60. The summed E-state index contributed by atoms with van der Waals surface area (Å²) in [5, 5.41) is 17.3. The second-order valence-electron chi connectivity index (χ2n) is 3.82. The number of aromatic hydroxyl groups is 2. The Bertz CT molecular complexity index is 373. The van der Waals surface area contributed by atoms with Crippen LogP contribution in [0.2, 0.25) is 0 Å². The van der Waals surface area contributed by atoms with Crippen LogP contribution in [0.5, 0.6) is 11.5 Å². The molecule has 0 bridgehead atoms. The first-order valence-corrected chi connectivity index (χ1v) is 5.78. The SMILES string of the molecule is CC1CO1.Oc1ccccc1.Oc1ccccc1. The summed E-state index contributed by atoms with van der Waals surface area (Å²) >= 11 is 0. The van der Waals surface area contributed by atoms with E-state index in [1.807, 2.05) is 12.1 Å². The number of benzene rings is 2. The Morgan fingerprint density at radius 3 is 1.22 bits per heavy atom. The van der Waals surface area contributed by atoms with Gasteiger partial charge in [-0.2, -0.15) is 0 Å². The minimum absolute atomic E-state index is 0.322. The van der Waals surface area contributed by atoms with Gasteiger partial charge in [0.25, 0.3) is 0 Å². The first kappa shape index (κ1) is 14.1. The molecule has 3 heteroatoms. The van der Waals surface area contributed by atoms with E-state index < -0.39 is 0 Å². The van der Waals surface area contributed by atoms with E-state index in [-0.39, 0.29) is 0 Å². The van der Waals surface area contributed by atoms with Gasteiger partial charge in [-0.3, -0.25) is 0 Å². The van der Waals surface area contributed by atoms with Crippen molar-refractivity contribution in [2.45, 2.75) is 13.0 Å². The van der Waals surface area contributed by atoms with Crippen molar-refractivity contribution in [3.05, 3.63) is 60.7 Å². The highest BCUT2D eigenvalue weighted by Gasteiger charge is 2.13. The fourth-order valence-electron chi connectivity index (χ4n) is 0.952. The Balaban J connectivity index is 0.000000140. The van der Waals surface area contributed by atoms with E-state index in [1.165, 1.54) is 0 Å². The molecule has 2 aromatic carbocycles. The van der Waals surface area contributed by atoms with Gasteiger partial charge in [0.2, 0.25) is 0 Å². The summed E-state index contributed by atoms with van der Waals surface area (Å²) in [6.07, 6.45) is 0.583. The van der Waals surface area contributed by atoms with E-state index in [0.717, 1.165) is 6.61 Å². The van der Waals surface area contributed by atoms with Crippen molar-refractivity contribution in [3.8, 4) is 11.5 Å². The van der Waals surface area contributed by atoms with Crippen LogP contribution in [0.3, 0.4) is 0 Å². The summed E-state index contributed by atoms with van der Waals surface area (Å²) in [5.74, 6) is 0.644. The molecule has 0 aliphatic carbocycles. The second kappa shape index (κ2) is 8.14. The zero-order chi connectivity index (χ0) is 13.2. The van der Waals surface area contributed by atoms with E-state index in [2.05, 4.69) is 6.92 Å². The lowest BCUT2D eigenvalue weighted by Gasteiger charge is -1.82. The molecule has 0 radical (unpaired) electrons. The maximum Gasteiger partial charge on any atom is 0.115 e. The van der Waals surface area contributed by atoms with Crippen LogP contribution in [0.4, 0.5) is 0 Å². The Kier molecular flexibility index (Phi) is 6.36. The highest BCUT2D eigenvalue weighted by Crippen LogP contribution is 2.04. The molecule has 1 aliphatic heterocycles. The molecule has 0 amide bonds. The molecule has 3 rings (SSSR count). The third kappa shape index (κ3) is 8.19. The molecule has 2 N–H and O–H groups in total. The maximum absolute atomic E-state index is 8.63. The van der Waals surface area contributed by atoms with Crippen LogP contribution >= 0.6 is 0 Å². The lowest BCUT2D eigenvalue weighted by molar-refractivity contribution is 0.423. The van der Waals surface area contributed by atoms with Crippen LogP contribution in [-0.2, 0) is 4.74 Å². The normalized spacial score (nSPS) is 15.5. The zero-order valence-corrected chi connectivity index (χ0v) is 10.4. The van der Waals surface area contributed by atoms with Gasteiger partial charge in [0, 0.05) is 0 Å². The average molecular weight is 246 g/mol. The number of rotatable bonds is 0. The summed E-state index contributed by atoms with van der Waals surface area (Å²) in [5.41, 5.74) is 0. The highest BCUT2D eigenvalue weighted by molar-refractivity contribution is 5.19. The molecule has 96 valence electrons. The Labute approximate surface area is 107 Å². The van der Waals surface area contributed by atoms with E-state index in [1.54, 1.807) is 48.5 Å². The molecular weight excluding hydrogens is 228 g/mol. The Morgan fingerprint density at radius 1 is 0.833 bits per heavy atom. The van der Waals surface area contributed by atoms with Gasteiger partial charge in [-0.25, -0.2) is 0 Å². The number of para-hydroxylation sites is 2. The van der Waals surface area contributed by atoms with Crippen LogP contribution in [0, 0.1) is 0 Å². The number of ether oxygens (including phenoxy) is 1. The van der Waals surface area contributed by atoms with Gasteiger partial charge in [-0.1, -0.05) is 36.4 Å². The molecule has 0 saturated carbocycles. The molecule has 18 heavy (non-hydrogen) atoms. The predicted octanol–water partition coefficient (Wildman–Crippen LogP) is 3.19. The first-order valence-electron chi connectivity index (χ1n) is 5.78. The van der Waals surface area contributed by atoms with Gasteiger partial charge in [0.05, 0.1) is 12.7 Å². The van der Waals surface area contributed by atoms with Gasteiger partial charge >= 0.3 is 0 Å². The molecule has 3 nitrogen and oxygen atoms in total. The summed E-state index contributed by atoms with van der Waals surface area (Å²) < 4.78 is 4.71. The fourth-order valence-corrected chi connectivity index (χ4v) is 0.952. The zero-order valence-electron chi connectivity index (χ0n) is 10.4. The topological polar surface area (TPSA) is 53.0 Å². The summed E-state index contributed by atoms with van der Waals surface area (Å²) in [4.78, 5) is 0. The van der Waals surface area contributed by atoms with E-state index >= 15 is 0 Å². The van der Waals surface area contributed by atoms with Gasteiger partial charge < -0.3 is 14.9 Å². The Hall–Kier alpha value is -2.00. The van der Waals surface area contributed by atoms with Gasteiger partial charge in [-0.15, -0.1) is 0 Å². The molecule has 1 aliphatic rings. The third-order valence-corrected chi connectivity index (χ3v) is 2.01. The molecule has 1 atom stereocenters. The number of hydrogen-bond acceptors (Lipinski definition) is 3. The van der Waals surface area contributed by atoms with Crippen LogP contribution in [0.25, 0.3) is 0 Å². The third-order valence-electron chi connectivity index (χ3n) is 2.01. The minimum atomic E-state index is 0.322. The summed E-state index contributed by atoms with van der Waals surface area (Å²) in [6, 6.07) is 17.4. The van der Waals surface area contributed by atoms with Gasteiger partial charge in [0.15, 0.2) is 0 Å². The average Bonchev–Trinajstić information content (AvgIpc) is 3.15. The van der Waals surface area contributed by atoms with Crippen molar-refractivity contribution in [2.75, 3.05) is 6.61 Å². The van der Waals surface area contributed by atoms with Gasteiger partial charge in [-0.05, 0) is 31.2 Å². The van der Waals surface area contributed by atoms with Crippen molar-refractivity contribution in [1.82, 2.24) is 0 Å². The van der Waals surface area contributed by atoms with Crippen molar-refractivity contribution in [3.63, 3.8) is 0 Å². The molecule has 1 fully saturated rings. The van der Waals surface area contributed by atoms with Crippen LogP contribution in [0.15, 0.2) is 60.7 Å². The predicted molar refractivity (Wildman–Crippen MR) is 71.6 cm³/mol. The van der Waals surface area contributed by atoms with Crippen LogP contribution in [0.1, 0.15) is 6.92 Å². The van der Waals surface area contributed by atoms with E-state index in [4.69, 9.17) is 14.9 Å². The van der Waals surface area contributed by atoms with Crippen molar-refractivity contribution in [2.24, 2.45) is 0 Å². The van der Waals surface area contributed by atoms with Crippen molar-refractivity contribution in [1.29, 1.82) is 0 Å². The van der Waals surface area contributed by atoms with Crippen molar-refractivity contribution >= 4 is 0 Å². The van der Waals surface area contributed by atoms with Crippen LogP contribution in [-0.4, -0.2) is 22.9 Å². The summed E-state index contributed by atoms with van der Waals surface area (Å²) in [7, 11) is 0. The smallest absolute Gasteiger partial charge is 0.115 e. The van der Waals surface area contributed by atoms with E-state index in [9.17, 15) is 0 Å². The number of epoxide rings is 1. The second-order valence-corrected chi connectivity index (χ2v) is 3.82. The monoisotopic (exact) mass is 246 g/mol. The molecule has 0 spiro atoms. The Morgan fingerprint density at radius 2 is 1.11 bits per heavy atom. The first-order chi connectivity index (χ1) is 8.68. The lowest BCUT2D eigenvalue weighted by atomic mass is 10.3. The fraction of sp³-hybridized carbons (Fsp3) is 0.200. The number of phenols is 2. The molecule has 2 aromatic rings. The van der Waals surface area contributed by atoms with Crippen molar-refractivity contribution < 1.29 is 14.9 Å². The summed E-state index contributed by atoms with van der Waals surface area (Å²) in [6.45, 7) is 3.04.